The van der Waals surface area contributed by atoms with Crippen LogP contribution in [0, 0.1) is 5.92 Å². The van der Waals surface area contributed by atoms with Gasteiger partial charge >= 0.3 is 5.97 Å². The first-order chi connectivity index (χ1) is 12.0. The number of ether oxygens (including phenoxy) is 1. The highest BCUT2D eigenvalue weighted by Gasteiger charge is 2.20. The molecule has 0 saturated heterocycles. The smallest absolute Gasteiger partial charge is 0.308 e. The number of rotatable bonds is 8. The maximum atomic E-state index is 11.9. The highest BCUT2D eigenvalue weighted by Crippen LogP contribution is 2.15. The van der Waals surface area contributed by atoms with Gasteiger partial charge in [-0.05, 0) is 37.1 Å². The van der Waals surface area contributed by atoms with Crippen LogP contribution in [0.1, 0.15) is 23.0 Å². The Labute approximate surface area is 143 Å². The van der Waals surface area contributed by atoms with E-state index in [2.05, 4.69) is 15.5 Å². The number of amides is 1. The van der Waals surface area contributed by atoms with Crippen molar-refractivity contribution in [3.8, 4) is 5.75 Å². The summed E-state index contributed by atoms with van der Waals surface area (Å²) < 4.78 is 5.34. The van der Waals surface area contributed by atoms with E-state index < -0.39 is 23.4 Å². The predicted molar refractivity (Wildman–Crippen MR) is 89.6 cm³/mol. The van der Waals surface area contributed by atoms with Gasteiger partial charge in [-0.1, -0.05) is 12.1 Å². The molecule has 0 aliphatic carbocycles. The number of H-pyrrole nitrogens is 1. The molecule has 0 radical (unpaired) electrons. The maximum Gasteiger partial charge on any atom is 0.308 e. The zero-order valence-corrected chi connectivity index (χ0v) is 13.7. The van der Waals surface area contributed by atoms with Gasteiger partial charge in [0, 0.05) is 12.6 Å². The summed E-state index contributed by atoms with van der Waals surface area (Å²) in [5.41, 5.74) is 0.424. The number of aromatic nitrogens is 2. The van der Waals surface area contributed by atoms with Crippen LogP contribution >= 0.6 is 0 Å². The summed E-state index contributed by atoms with van der Waals surface area (Å²) >= 11 is 0. The molecular formula is C17H19N3O5. The van der Waals surface area contributed by atoms with Gasteiger partial charge in [-0.25, -0.2) is 5.10 Å². The fourth-order valence-corrected chi connectivity index (χ4v) is 2.20. The summed E-state index contributed by atoms with van der Waals surface area (Å²) in [6.07, 6.45) is 0.265. The Bertz CT molecular complexity index is 765. The molecule has 1 unspecified atom stereocenters. The molecule has 3 N–H and O–H groups in total. The van der Waals surface area contributed by atoms with Gasteiger partial charge in [-0.3, -0.25) is 14.4 Å². The Morgan fingerprint density at radius 1 is 1.24 bits per heavy atom. The van der Waals surface area contributed by atoms with Crippen LogP contribution in [0.4, 0.5) is 0 Å². The molecule has 0 saturated carbocycles. The SMILES string of the molecule is CCOc1ccc(CC(CNC(=O)c2ccc(=O)[nH]n2)C(=O)O)cc1. The fraction of sp³-hybridized carbons (Fsp3) is 0.294. The van der Waals surface area contributed by atoms with E-state index in [0.717, 1.165) is 11.3 Å². The number of nitrogens with zero attached hydrogens (tertiary/aromatic N) is 1. The standard InChI is InChI=1S/C17H19N3O5/c1-2-25-13-5-3-11(4-6-13)9-12(17(23)24)10-18-16(22)14-7-8-15(21)20-19-14/h3-8,12H,2,9-10H2,1H3,(H,18,22)(H,20,21)(H,23,24). The molecule has 8 heteroatoms. The first-order valence-corrected chi connectivity index (χ1v) is 7.78. The molecule has 132 valence electrons. The van der Waals surface area contributed by atoms with E-state index in [-0.39, 0.29) is 18.7 Å². The Hall–Kier alpha value is -3.16. The summed E-state index contributed by atoms with van der Waals surface area (Å²) in [5, 5.41) is 17.6. The molecule has 1 atom stereocenters. The third kappa shape index (κ3) is 5.45. The number of aliphatic carboxylic acids is 1. The number of benzene rings is 1. The lowest BCUT2D eigenvalue weighted by molar-refractivity contribution is -0.141. The van der Waals surface area contributed by atoms with E-state index in [0.29, 0.717) is 6.61 Å². The molecule has 0 bridgehead atoms. The van der Waals surface area contributed by atoms with E-state index in [4.69, 9.17) is 4.74 Å². The Kier molecular flexibility index (Phi) is 6.27. The van der Waals surface area contributed by atoms with E-state index in [1.54, 1.807) is 24.3 Å². The number of hydrogen-bond acceptors (Lipinski definition) is 5. The molecule has 0 spiro atoms. The molecule has 0 fully saturated rings. The normalized spacial score (nSPS) is 11.6. The van der Waals surface area contributed by atoms with Crippen LogP contribution < -0.4 is 15.6 Å². The quantitative estimate of drug-likeness (QED) is 0.652. The molecule has 2 aromatic rings. The van der Waals surface area contributed by atoms with Crippen LogP contribution in [-0.2, 0) is 11.2 Å². The van der Waals surface area contributed by atoms with Crippen LogP contribution in [0.2, 0.25) is 0 Å². The zero-order chi connectivity index (χ0) is 18.2. The van der Waals surface area contributed by atoms with Crippen molar-refractivity contribution in [3.05, 3.63) is 58.0 Å². The second-order valence-electron chi connectivity index (χ2n) is 5.33. The summed E-state index contributed by atoms with van der Waals surface area (Å²) in [5.74, 6) is -1.63. The number of aromatic amines is 1. The zero-order valence-electron chi connectivity index (χ0n) is 13.7. The van der Waals surface area contributed by atoms with Crippen molar-refractivity contribution < 1.29 is 19.4 Å². The van der Waals surface area contributed by atoms with Crippen LogP contribution in [0.5, 0.6) is 5.75 Å². The predicted octanol–water partition coefficient (Wildman–Crippen LogP) is 0.842. The van der Waals surface area contributed by atoms with Crippen molar-refractivity contribution in [2.24, 2.45) is 5.92 Å². The first-order valence-electron chi connectivity index (χ1n) is 7.78. The minimum atomic E-state index is -1.01. The van der Waals surface area contributed by atoms with Gasteiger partial charge < -0.3 is 15.2 Å². The molecule has 1 heterocycles. The van der Waals surface area contributed by atoms with E-state index >= 15 is 0 Å². The van der Waals surface area contributed by atoms with Crippen LogP contribution in [-0.4, -0.2) is 40.3 Å². The van der Waals surface area contributed by atoms with Crippen LogP contribution in [0.3, 0.4) is 0 Å². The number of carbonyl (C=O) groups is 2. The molecule has 25 heavy (non-hydrogen) atoms. The topological polar surface area (TPSA) is 121 Å². The van der Waals surface area contributed by atoms with Crippen LogP contribution in [0.25, 0.3) is 0 Å². The molecule has 2 rings (SSSR count). The average Bonchev–Trinajstić information content (AvgIpc) is 2.60. The number of carboxylic acid groups (broad SMARTS) is 1. The van der Waals surface area contributed by atoms with Gasteiger partial charge in [0.25, 0.3) is 11.5 Å². The second kappa shape index (κ2) is 8.62. The van der Waals surface area contributed by atoms with Crippen molar-refractivity contribution in [2.75, 3.05) is 13.2 Å². The second-order valence-corrected chi connectivity index (χ2v) is 5.33. The fourth-order valence-electron chi connectivity index (χ4n) is 2.20. The summed E-state index contributed by atoms with van der Waals surface area (Å²) in [7, 11) is 0. The highest BCUT2D eigenvalue weighted by molar-refractivity contribution is 5.92. The van der Waals surface area contributed by atoms with E-state index in [1.807, 2.05) is 6.92 Å². The lowest BCUT2D eigenvalue weighted by Crippen LogP contribution is -2.34. The van der Waals surface area contributed by atoms with Gasteiger partial charge in [-0.15, -0.1) is 0 Å². The summed E-state index contributed by atoms with van der Waals surface area (Å²) in [6.45, 7) is 2.39. The largest absolute Gasteiger partial charge is 0.494 e. The molecule has 8 nitrogen and oxygen atoms in total. The third-order valence-electron chi connectivity index (χ3n) is 3.49. The van der Waals surface area contributed by atoms with Crippen LogP contribution in [0.15, 0.2) is 41.2 Å². The monoisotopic (exact) mass is 345 g/mol. The minimum absolute atomic E-state index is 0.0183. The lowest BCUT2D eigenvalue weighted by atomic mass is 9.99. The summed E-state index contributed by atoms with van der Waals surface area (Å²) in [6, 6.07) is 9.60. The Morgan fingerprint density at radius 3 is 2.52 bits per heavy atom. The summed E-state index contributed by atoms with van der Waals surface area (Å²) in [4.78, 5) is 34.3. The van der Waals surface area contributed by atoms with Crippen molar-refractivity contribution in [1.82, 2.24) is 15.5 Å². The molecule has 1 aromatic carbocycles. The van der Waals surface area contributed by atoms with Gasteiger partial charge in [0.1, 0.15) is 11.4 Å². The average molecular weight is 345 g/mol. The van der Waals surface area contributed by atoms with Crippen molar-refractivity contribution >= 4 is 11.9 Å². The van der Waals surface area contributed by atoms with E-state index in [9.17, 15) is 19.5 Å². The number of carbonyl (C=O) groups excluding carboxylic acids is 1. The number of hydrogen-bond donors (Lipinski definition) is 3. The number of carboxylic acids is 1. The Morgan fingerprint density at radius 2 is 1.96 bits per heavy atom. The van der Waals surface area contributed by atoms with Crippen molar-refractivity contribution in [2.45, 2.75) is 13.3 Å². The molecule has 1 aromatic heterocycles. The first kappa shape index (κ1) is 18.2. The van der Waals surface area contributed by atoms with Gasteiger partial charge in [0.2, 0.25) is 0 Å². The van der Waals surface area contributed by atoms with Gasteiger partial charge in [0.05, 0.1) is 12.5 Å². The van der Waals surface area contributed by atoms with Crippen molar-refractivity contribution in [3.63, 3.8) is 0 Å². The van der Waals surface area contributed by atoms with Gasteiger partial charge in [-0.2, -0.15) is 5.10 Å². The molecule has 1 amide bonds. The van der Waals surface area contributed by atoms with E-state index in [1.165, 1.54) is 12.1 Å². The number of nitrogens with one attached hydrogen (secondary N) is 2. The van der Waals surface area contributed by atoms with Gasteiger partial charge in [0.15, 0.2) is 0 Å². The highest BCUT2D eigenvalue weighted by atomic mass is 16.5. The minimum Gasteiger partial charge on any atom is -0.494 e. The lowest BCUT2D eigenvalue weighted by Gasteiger charge is -2.14. The molecular weight excluding hydrogens is 326 g/mol. The maximum absolute atomic E-state index is 11.9. The van der Waals surface area contributed by atoms with Crippen molar-refractivity contribution in [1.29, 1.82) is 0 Å². The molecule has 0 aliphatic heterocycles. The third-order valence-corrected chi connectivity index (χ3v) is 3.49. The molecule has 0 aliphatic rings. The Balaban J connectivity index is 1.96.